The molecule has 1 aromatic carbocycles. The van der Waals surface area contributed by atoms with Crippen LogP contribution in [0.25, 0.3) is 16.9 Å². The lowest BCUT2D eigenvalue weighted by Crippen LogP contribution is -2.48. The number of nitrogens with zero attached hydrogens (tertiary/aromatic N) is 7. The third kappa shape index (κ3) is 4.59. The Bertz CT molecular complexity index is 1690. The average molecular weight is 567 g/mol. The lowest BCUT2D eigenvalue weighted by molar-refractivity contribution is 0.0734. The number of hydrogen-bond acceptors (Lipinski definition) is 8. The van der Waals surface area contributed by atoms with Gasteiger partial charge in [-0.25, -0.2) is 19.3 Å². The van der Waals surface area contributed by atoms with E-state index < -0.39 is 6.10 Å². The molecular formula is C32H38N8O2. The number of rotatable bonds is 7. The zero-order valence-electron chi connectivity index (χ0n) is 24.3. The number of hydrogen-bond donors (Lipinski definition) is 2. The molecule has 3 aromatic heterocycles. The first-order valence-electron chi connectivity index (χ1n) is 15.0. The van der Waals surface area contributed by atoms with Crippen LogP contribution in [0.15, 0.2) is 60.0 Å². The van der Waals surface area contributed by atoms with E-state index in [1.54, 1.807) is 21.6 Å². The van der Waals surface area contributed by atoms with E-state index in [0.29, 0.717) is 34.5 Å². The number of aryl methyl sites for hydroxylation is 1. The van der Waals surface area contributed by atoms with Gasteiger partial charge in [0, 0.05) is 55.2 Å². The highest BCUT2D eigenvalue weighted by Gasteiger charge is 2.52. The van der Waals surface area contributed by atoms with Gasteiger partial charge in [0.25, 0.3) is 5.56 Å². The third-order valence-corrected chi connectivity index (χ3v) is 9.35. The summed E-state index contributed by atoms with van der Waals surface area (Å²) in [6, 6.07) is 12.8. The lowest BCUT2D eigenvalue weighted by atomic mass is 9.82. The lowest BCUT2D eigenvalue weighted by Gasteiger charge is -2.38. The van der Waals surface area contributed by atoms with Crippen molar-refractivity contribution in [2.45, 2.75) is 58.2 Å². The number of piperazine rings is 1. The van der Waals surface area contributed by atoms with Crippen molar-refractivity contribution in [2.75, 3.05) is 36.4 Å². The van der Waals surface area contributed by atoms with E-state index in [1.807, 2.05) is 24.3 Å². The Labute approximate surface area is 245 Å². The van der Waals surface area contributed by atoms with Crippen LogP contribution in [-0.2, 0) is 13.0 Å². The number of allylic oxidation sites excluding steroid dienone is 1. The molecule has 4 heterocycles. The fraction of sp³-hybridized carbons (Fsp3) is 0.438. The first-order chi connectivity index (χ1) is 20.4. The van der Waals surface area contributed by atoms with Crippen LogP contribution in [0.3, 0.4) is 0 Å². The molecule has 10 heteroatoms. The maximum Gasteiger partial charge on any atom is 0.278 e. The minimum Gasteiger partial charge on any atom is -0.386 e. The molecule has 1 spiro atoms. The second-order valence-corrected chi connectivity index (χ2v) is 12.2. The van der Waals surface area contributed by atoms with Crippen LogP contribution in [0.1, 0.15) is 50.5 Å². The smallest absolute Gasteiger partial charge is 0.278 e. The van der Waals surface area contributed by atoms with Crippen molar-refractivity contribution in [1.82, 2.24) is 29.2 Å². The number of aliphatic hydroxyl groups excluding tert-OH is 1. The van der Waals surface area contributed by atoms with Gasteiger partial charge in [-0.2, -0.15) is 4.98 Å². The standard InChI is InChI=1S/C32H38N8O2/c1-4-15-39-30(42)25-20-33-31(34-23-6-8-24(9-7-23)38-18-16-37(17-19-38)21(2)3)36-29(25)40(39)26-10-5-22-11-12-32(13-14-32)28(41)27(22)35-26/h4-10,20-21,28,41H,1,11-19H2,2-3H3,(H,33,34,36). The summed E-state index contributed by atoms with van der Waals surface area (Å²) in [6.45, 7) is 12.8. The summed E-state index contributed by atoms with van der Waals surface area (Å²) in [5.74, 6) is 0.936. The number of aliphatic hydroxyl groups is 1. The minimum absolute atomic E-state index is 0.0323. The number of pyridine rings is 1. The maximum atomic E-state index is 13.4. The second kappa shape index (κ2) is 10.4. The predicted molar refractivity (Wildman–Crippen MR) is 165 cm³/mol. The molecule has 4 aromatic rings. The van der Waals surface area contributed by atoms with Crippen LogP contribution in [0.5, 0.6) is 0 Å². The third-order valence-electron chi connectivity index (χ3n) is 9.35. The van der Waals surface area contributed by atoms with Gasteiger partial charge in [0.1, 0.15) is 11.5 Å². The molecule has 0 radical (unpaired) electrons. The monoisotopic (exact) mass is 566 g/mol. The molecule has 2 N–H and O–H groups in total. The van der Waals surface area contributed by atoms with Crippen LogP contribution in [0.4, 0.5) is 17.3 Å². The maximum absolute atomic E-state index is 13.4. The van der Waals surface area contributed by atoms with Crippen molar-refractivity contribution in [3.05, 3.63) is 76.9 Å². The molecule has 1 unspecified atom stereocenters. The Morgan fingerprint density at radius 2 is 1.83 bits per heavy atom. The molecular weight excluding hydrogens is 528 g/mol. The largest absolute Gasteiger partial charge is 0.386 e. The number of anilines is 3. The molecule has 10 nitrogen and oxygen atoms in total. The molecule has 7 rings (SSSR count). The highest BCUT2D eigenvalue weighted by Crippen LogP contribution is 2.60. The Kier molecular flexibility index (Phi) is 6.62. The van der Waals surface area contributed by atoms with Gasteiger partial charge in [-0.15, -0.1) is 6.58 Å². The van der Waals surface area contributed by atoms with Crippen molar-refractivity contribution in [2.24, 2.45) is 5.41 Å². The molecule has 218 valence electrons. The summed E-state index contributed by atoms with van der Waals surface area (Å²) in [5, 5.41) is 14.9. The number of aromatic nitrogens is 5. The molecule has 1 saturated heterocycles. The minimum atomic E-state index is -0.587. The molecule has 1 saturated carbocycles. The van der Waals surface area contributed by atoms with E-state index in [-0.39, 0.29) is 17.5 Å². The fourth-order valence-corrected chi connectivity index (χ4v) is 6.54. The van der Waals surface area contributed by atoms with Gasteiger partial charge in [0.15, 0.2) is 11.5 Å². The summed E-state index contributed by atoms with van der Waals surface area (Å²) in [6.07, 6.45) is 6.63. The number of fused-ring (bicyclic) bond motifs is 2. The van der Waals surface area contributed by atoms with Crippen LogP contribution in [0, 0.1) is 5.41 Å². The van der Waals surface area contributed by atoms with E-state index in [2.05, 4.69) is 52.7 Å². The van der Waals surface area contributed by atoms with Crippen molar-refractivity contribution in [3.8, 4) is 5.82 Å². The van der Waals surface area contributed by atoms with Crippen LogP contribution < -0.4 is 15.8 Å². The first kappa shape index (κ1) is 26.9. The Hall–Kier alpha value is -4.02. The zero-order chi connectivity index (χ0) is 29.0. The van der Waals surface area contributed by atoms with Crippen molar-refractivity contribution >= 4 is 28.4 Å². The van der Waals surface area contributed by atoms with E-state index >= 15 is 0 Å². The molecule has 42 heavy (non-hydrogen) atoms. The quantitative estimate of drug-likeness (QED) is 0.321. The molecule has 2 fully saturated rings. The Morgan fingerprint density at radius 1 is 1.07 bits per heavy atom. The number of nitrogens with one attached hydrogen (secondary N) is 1. The Morgan fingerprint density at radius 3 is 2.52 bits per heavy atom. The Balaban J connectivity index is 1.19. The summed E-state index contributed by atoms with van der Waals surface area (Å²) in [7, 11) is 0. The zero-order valence-corrected chi connectivity index (χ0v) is 24.3. The van der Waals surface area contributed by atoms with Crippen LogP contribution in [-0.4, -0.2) is 66.5 Å². The van der Waals surface area contributed by atoms with Gasteiger partial charge < -0.3 is 15.3 Å². The fourth-order valence-electron chi connectivity index (χ4n) is 6.54. The first-order valence-corrected chi connectivity index (χ1v) is 15.0. The normalized spacial score (nSPS) is 19.8. The predicted octanol–water partition coefficient (Wildman–Crippen LogP) is 4.20. The molecule has 1 aliphatic heterocycles. The van der Waals surface area contributed by atoms with Gasteiger partial charge in [0.05, 0.1) is 12.2 Å². The topological polar surface area (TPSA) is 104 Å². The van der Waals surface area contributed by atoms with Gasteiger partial charge in [-0.1, -0.05) is 12.1 Å². The van der Waals surface area contributed by atoms with Crippen molar-refractivity contribution in [3.63, 3.8) is 0 Å². The molecule has 2 aliphatic carbocycles. The van der Waals surface area contributed by atoms with Crippen molar-refractivity contribution in [1.29, 1.82) is 0 Å². The van der Waals surface area contributed by atoms with Gasteiger partial charge in [-0.05, 0) is 75.4 Å². The average Bonchev–Trinajstić information content (AvgIpc) is 3.74. The molecule has 3 aliphatic rings. The summed E-state index contributed by atoms with van der Waals surface area (Å²) < 4.78 is 3.30. The highest BCUT2D eigenvalue weighted by molar-refractivity contribution is 5.77. The van der Waals surface area contributed by atoms with Crippen LogP contribution >= 0.6 is 0 Å². The molecule has 0 bridgehead atoms. The summed E-state index contributed by atoms with van der Waals surface area (Å²) >= 11 is 0. The van der Waals surface area contributed by atoms with E-state index in [4.69, 9.17) is 9.97 Å². The SMILES string of the molecule is C=CCn1c(=O)c2cnc(Nc3ccc(N4CCN(C(C)C)CC4)cc3)nc2n1-c1ccc2c(n1)C(O)C1(CC2)CC1. The summed E-state index contributed by atoms with van der Waals surface area (Å²) in [4.78, 5) is 32.5. The van der Waals surface area contributed by atoms with Gasteiger partial charge >= 0.3 is 0 Å². The highest BCUT2D eigenvalue weighted by atomic mass is 16.3. The van der Waals surface area contributed by atoms with Crippen molar-refractivity contribution < 1.29 is 5.11 Å². The van der Waals surface area contributed by atoms with Gasteiger partial charge in [-0.3, -0.25) is 9.69 Å². The van der Waals surface area contributed by atoms with Gasteiger partial charge in [0.2, 0.25) is 5.95 Å². The van der Waals surface area contributed by atoms with E-state index in [0.717, 1.165) is 63.1 Å². The van der Waals surface area contributed by atoms with E-state index in [9.17, 15) is 9.90 Å². The van der Waals surface area contributed by atoms with E-state index in [1.165, 1.54) is 5.69 Å². The molecule has 1 atom stereocenters. The number of benzene rings is 1. The summed E-state index contributed by atoms with van der Waals surface area (Å²) in [5.41, 5.74) is 4.06. The second-order valence-electron chi connectivity index (χ2n) is 12.2. The van der Waals surface area contributed by atoms with Crippen LogP contribution in [0.2, 0.25) is 0 Å². The molecule has 0 amide bonds.